The fourth-order valence-electron chi connectivity index (χ4n) is 3.56. The molecule has 0 bridgehead atoms. The van der Waals surface area contributed by atoms with E-state index in [1.54, 1.807) is 12.1 Å². The third kappa shape index (κ3) is 4.37. The number of halogens is 4. The van der Waals surface area contributed by atoms with Gasteiger partial charge in [0.25, 0.3) is 5.91 Å². The topological polar surface area (TPSA) is 63.1 Å². The van der Waals surface area contributed by atoms with Crippen molar-refractivity contribution in [1.29, 1.82) is 0 Å². The van der Waals surface area contributed by atoms with Gasteiger partial charge in [0.05, 0.1) is 23.6 Å². The van der Waals surface area contributed by atoms with E-state index in [1.165, 1.54) is 24.8 Å². The number of rotatable bonds is 4. The Morgan fingerprint density at radius 2 is 1.74 bits per heavy atom. The lowest BCUT2D eigenvalue weighted by atomic mass is 10.1. The standard InChI is InChI=1S/C21H19F4N5O/c22-16-6-2-3-7-17(16)30-19(21(23,24)25)15(13-27-30)20(31)28-14-8-9-18(26-12-14)29-10-4-1-5-11-29/h2-3,6-9,12-13H,1,4-5,10-11H2,(H,28,31). The average molecular weight is 433 g/mol. The summed E-state index contributed by atoms with van der Waals surface area (Å²) in [5, 5.41) is 6.04. The van der Waals surface area contributed by atoms with Crippen LogP contribution in [0.2, 0.25) is 0 Å². The van der Waals surface area contributed by atoms with Crippen LogP contribution in [-0.4, -0.2) is 33.8 Å². The molecule has 10 heteroatoms. The number of hydrogen-bond donors (Lipinski definition) is 1. The third-order valence-corrected chi connectivity index (χ3v) is 5.05. The van der Waals surface area contributed by atoms with Crippen LogP contribution in [0.5, 0.6) is 0 Å². The minimum absolute atomic E-state index is 0.248. The number of carbonyl (C=O) groups excluding carboxylic acids is 1. The maximum absolute atomic E-state index is 14.1. The van der Waals surface area contributed by atoms with E-state index in [-0.39, 0.29) is 5.69 Å². The summed E-state index contributed by atoms with van der Waals surface area (Å²) in [4.78, 5) is 19.0. The predicted molar refractivity (Wildman–Crippen MR) is 107 cm³/mol. The molecule has 1 aliphatic rings. The molecule has 1 N–H and O–H groups in total. The maximum Gasteiger partial charge on any atom is 0.434 e. The number of pyridine rings is 1. The smallest absolute Gasteiger partial charge is 0.357 e. The number of nitrogens with one attached hydrogen (secondary N) is 1. The molecule has 0 spiro atoms. The normalized spacial score (nSPS) is 14.5. The molecule has 0 radical (unpaired) electrons. The molecule has 31 heavy (non-hydrogen) atoms. The zero-order chi connectivity index (χ0) is 22.0. The van der Waals surface area contributed by atoms with Gasteiger partial charge in [-0.1, -0.05) is 12.1 Å². The summed E-state index contributed by atoms with van der Waals surface area (Å²) in [6, 6.07) is 8.21. The number of amides is 1. The Morgan fingerprint density at radius 3 is 2.39 bits per heavy atom. The Kier molecular flexibility index (Phi) is 5.62. The van der Waals surface area contributed by atoms with Crippen LogP contribution in [0.1, 0.15) is 35.3 Å². The first-order valence-electron chi connectivity index (χ1n) is 9.77. The summed E-state index contributed by atoms with van der Waals surface area (Å²) in [5.41, 5.74) is -2.22. The van der Waals surface area contributed by atoms with Crippen LogP contribution in [0.25, 0.3) is 5.69 Å². The molecule has 3 heterocycles. The molecule has 0 aliphatic carbocycles. The van der Waals surface area contributed by atoms with Crippen molar-refractivity contribution in [3.8, 4) is 5.69 Å². The Hall–Kier alpha value is -3.43. The molecular weight excluding hydrogens is 414 g/mol. The Morgan fingerprint density at radius 1 is 1.00 bits per heavy atom. The van der Waals surface area contributed by atoms with Crippen LogP contribution >= 0.6 is 0 Å². The van der Waals surface area contributed by atoms with Crippen LogP contribution in [0.15, 0.2) is 48.8 Å². The van der Waals surface area contributed by atoms with Gasteiger partial charge in [-0.3, -0.25) is 4.79 Å². The van der Waals surface area contributed by atoms with Gasteiger partial charge in [-0.2, -0.15) is 18.3 Å². The van der Waals surface area contributed by atoms with Gasteiger partial charge in [-0.25, -0.2) is 14.1 Å². The molecule has 162 valence electrons. The fraction of sp³-hybridized carbons (Fsp3) is 0.286. The third-order valence-electron chi connectivity index (χ3n) is 5.05. The highest BCUT2D eigenvalue weighted by Crippen LogP contribution is 2.34. The van der Waals surface area contributed by atoms with Gasteiger partial charge in [-0.15, -0.1) is 0 Å². The largest absolute Gasteiger partial charge is 0.434 e. The molecule has 1 aromatic carbocycles. The average Bonchev–Trinajstić information content (AvgIpc) is 3.21. The summed E-state index contributed by atoms with van der Waals surface area (Å²) < 4.78 is 55.7. The van der Waals surface area contributed by atoms with Gasteiger partial charge in [0.2, 0.25) is 0 Å². The van der Waals surface area contributed by atoms with Crippen molar-refractivity contribution in [2.24, 2.45) is 0 Å². The summed E-state index contributed by atoms with van der Waals surface area (Å²) in [6.45, 7) is 1.78. The second-order valence-corrected chi connectivity index (χ2v) is 7.17. The molecule has 6 nitrogen and oxygen atoms in total. The number of hydrogen-bond acceptors (Lipinski definition) is 4. The van der Waals surface area contributed by atoms with Crippen molar-refractivity contribution in [3.05, 3.63) is 65.9 Å². The number of carbonyl (C=O) groups is 1. The highest BCUT2D eigenvalue weighted by molar-refractivity contribution is 6.05. The summed E-state index contributed by atoms with van der Waals surface area (Å²) in [5.74, 6) is -1.15. The van der Waals surface area contributed by atoms with Crippen molar-refractivity contribution < 1.29 is 22.4 Å². The van der Waals surface area contributed by atoms with Crippen LogP contribution in [0.4, 0.5) is 29.1 Å². The second-order valence-electron chi connectivity index (χ2n) is 7.17. The molecule has 2 aromatic heterocycles. The van der Waals surface area contributed by atoms with Crippen LogP contribution < -0.4 is 10.2 Å². The van der Waals surface area contributed by atoms with E-state index < -0.39 is 34.8 Å². The molecule has 0 unspecified atom stereocenters. The van der Waals surface area contributed by atoms with Crippen molar-refractivity contribution >= 4 is 17.4 Å². The van der Waals surface area contributed by atoms with Crippen molar-refractivity contribution in [2.75, 3.05) is 23.3 Å². The molecule has 4 rings (SSSR count). The molecule has 1 amide bonds. The van der Waals surface area contributed by atoms with E-state index in [0.29, 0.717) is 4.68 Å². The van der Waals surface area contributed by atoms with E-state index in [2.05, 4.69) is 20.3 Å². The lowest BCUT2D eigenvalue weighted by molar-refractivity contribution is -0.143. The molecule has 1 fully saturated rings. The molecule has 1 aliphatic heterocycles. The second kappa shape index (κ2) is 8.37. The zero-order valence-electron chi connectivity index (χ0n) is 16.4. The molecule has 0 atom stereocenters. The molecular formula is C21H19F4N5O. The van der Waals surface area contributed by atoms with E-state index >= 15 is 0 Å². The summed E-state index contributed by atoms with van der Waals surface area (Å²) in [6.07, 6.45) is 0.573. The van der Waals surface area contributed by atoms with E-state index in [9.17, 15) is 22.4 Å². The highest BCUT2D eigenvalue weighted by Gasteiger charge is 2.41. The Bertz CT molecular complexity index is 1070. The zero-order valence-corrected chi connectivity index (χ0v) is 16.4. The summed E-state index contributed by atoms with van der Waals surface area (Å²) >= 11 is 0. The number of para-hydroxylation sites is 1. The molecule has 3 aromatic rings. The van der Waals surface area contributed by atoms with Crippen molar-refractivity contribution in [3.63, 3.8) is 0 Å². The molecule has 1 saturated heterocycles. The predicted octanol–water partition coefficient (Wildman–Crippen LogP) is 4.67. The number of benzene rings is 1. The minimum atomic E-state index is -4.93. The number of nitrogens with zero attached hydrogens (tertiary/aromatic N) is 4. The lowest BCUT2D eigenvalue weighted by Crippen LogP contribution is -2.30. The quantitative estimate of drug-likeness (QED) is 0.608. The van der Waals surface area contributed by atoms with Crippen molar-refractivity contribution in [1.82, 2.24) is 14.8 Å². The first kappa shape index (κ1) is 20.8. The van der Waals surface area contributed by atoms with Crippen LogP contribution in [-0.2, 0) is 6.18 Å². The Labute approximate surface area is 175 Å². The fourth-order valence-corrected chi connectivity index (χ4v) is 3.56. The van der Waals surface area contributed by atoms with Gasteiger partial charge >= 0.3 is 6.18 Å². The van der Waals surface area contributed by atoms with Gasteiger partial charge in [-0.05, 0) is 43.5 Å². The van der Waals surface area contributed by atoms with Crippen molar-refractivity contribution in [2.45, 2.75) is 25.4 Å². The number of anilines is 2. The van der Waals surface area contributed by atoms with Gasteiger partial charge in [0.15, 0.2) is 5.69 Å². The van der Waals surface area contributed by atoms with Crippen LogP contribution in [0, 0.1) is 5.82 Å². The monoisotopic (exact) mass is 433 g/mol. The summed E-state index contributed by atoms with van der Waals surface area (Å²) in [7, 11) is 0. The Balaban J connectivity index is 1.59. The first-order chi connectivity index (χ1) is 14.8. The number of piperidine rings is 1. The first-order valence-corrected chi connectivity index (χ1v) is 9.77. The SMILES string of the molecule is O=C(Nc1ccc(N2CCCCC2)nc1)c1cnn(-c2ccccc2F)c1C(F)(F)F. The van der Waals surface area contributed by atoms with Gasteiger partial charge in [0.1, 0.15) is 17.3 Å². The van der Waals surface area contributed by atoms with Gasteiger partial charge in [0, 0.05) is 13.1 Å². The van der Waals surface area contributed by atoms with Crippen LogP contribution in [0.3, 0.4) is 0 Å². The number of alkyl halides is 3. The van der Waals surface area contributed by atoms with E-state index in [4.69, 9.17) is 0 Å². The van der Waals surface area contributed by atoms with E-state index in [0.717, 1.165) is 50.1 Å². The highest BCUT2D eigenvalue weighted by atomic mass is 19.4. The van der Waals surface area contributed by atoms with E-state index in [1.807, 2.05) is 0 Å². The van der Waals surface area contributed by atoms with Gasteiger partial charge < -0.3 is 10.2 Å². The maximum atomic E-state index is 14.1. The minimum Gasteiger partial charge on any atom is -0.357 e. The lowest BCUT2D eigenvalue weighted by Gasteiger charge is -2.27. The number of aromatic nitrogens is 3. The molecule has 0 saturated carbocycles.